The number of rotatable bonds is 8. The summed E-state index contributed by atoms with van der Waals surface area (Å²) in [7, 11) is 3.07. The van der Waals surface area contributed by atoms with Crippen molar-refractivity contribution < 1.29 is 19.0 Å². The Morgan fingerprint density at radius 3 is 2.58 bits per heavy atom. The van der Waals surface area contributed by atoms with E-state index in [1.54, 1.807) is 39.2 Å². The van der Waals surface area contributed by atoms with E-state index in [1.165, 1.54) is 18.9 Å². The first-order valence-corrected chi connectivity index (χ1v) is 12.6. The number of thioether (sulfide) groups is 1. The zero-order valence-electron chi connectivity index (χ0n) is 20.3. The van der Waals surface area contributed by atoms with Crippen molar-refractivity contribution in [3.8, 4) is 11.5 Å². The predicted octanol–water partition coefficient (Wildman–Crippen LogP) is 5.13. The van der Waals surface area contributed by atoms with Crippen LogP contribution in [0, 0.1) is 0 Å². The van der Waals surface area contributed by atoms with Gasteiger partial charge in [-0.05, 0) is 43.2 Å². The SMILES string of the molecule is CCOC(=O)C1=C(C)Nc2nc(SCc3ccccc3Cl)[nH]c(=O)c2C1c1ccc(OC)c(OC)c1. The molecule has 0 bridgehead atoms. The van der Waals surface area contributed by atoms with Gasteiger partial charge in [0.15, 0.2) is 16.7 Å². The van der Waals surface area contributed by atoms with Crippen LogP contribution in [-0.2, 0) is 15.3 Å². The quantitative estimate of drug-likeness (QED) is 0.236. The van der Waals surface area contributed by atoms with E-state index in [0.717, 1.165) is 5.56 Å². The average Bonchev–Trinajstić information content (AvgIpc) is 2.87. The fourth-order valence-corrected chi connectivity index (χ4v) is 5.25. The van der Waals surface area contributed by atoms with E-state index in [9.17, 15) is 9.59 Å². The number of aromatic nitrogens is 2. The minimum Gasteiger partial charge on any atom is -0.493 e. The van der Waals surface area contributed by atoms with Gasteiger partial charge in [0.25, 0.3) is 5.56 Å². The number of allylic oxidation sites excluding steroid dienone is 1. The van der Waals surface area contributed by atoms with Crippen molar-refractivity contribution in [2.75, 3.05) is 26.1 Å². The molecule has 4 rings (SSSR count). The first-order valence-electron chi connectivity index (χ1n) is 11.2. The lowest BCUT2D eigenvalue weighted by atomic mass is 9.82. The summed E-state index contributed by atoms with van der Waals surface area (Å²) >= 11 is 7.64. The molecule has 1 aliphatic heterocycles. The average molecular weight is 528 g/mol. The van der Waals surface area contributed by atoms with Gasteiger partial charge < -0.3 is 24.5 Å². The summed E-state index contributed by atoms with van der Waals surface area (Å²) in [6.45, 7) is 3.70. The lowest BCUT2D eigenvalue weighted by molar-refractivity contribution is -0.138. The molecule has 36 heavy (non-hydrogen) atoms. The van der Waals surface area contributed by atoms with E-state index in [1.807, 2.05) is 24.3 Å². The van der Waals surface area contributed by atoms with E-state index >= 15 is 0 Å². The van der Waals surface area contributed by atoms with E-state index in [2.05, 4.69) is 15.3 Å². The van der Waals surface area contributed by atoms with E-state index in [4.69, 9.17) is 25.8 Å². The van der Waals surface area contributed by atoms with E-state index < -0.39 is 11.9 Å². The molecule has 2 heterocycles. The summed E-state index contributed by atoms with van der Waals surface area (Å²) in [5, 5.41) is 4.23. The van der Waals surface area contributed by atoms with Crippen molar-refractivity contribution in [2.24, 2.45) is 0 Å². The fraction of sp³-hybridized carbons (Fsp3) is 0.269. The molecule has 0 fully saturated rings. The van der Waals surface area contributed by atoms with Crippen molar-refractivity contribution >= 4 is 35.1 Å². The van der Waals surface area contributed by atoms with Gasteiger partial charge in [-0.3, -0.25) is 4.79 Å². The van der Waals surface area contributed by atoms with Gasteiger partial charge in [0, 0.05) is 16.5 Å². The number of carbonyl (C=O) groups is 1. The molecule has 0 saturated carbocycles. The molecule has 2 aromatic carbocycles. The lowest BCUT2D eigenvalue weighted by Gasteiger charge is -2.29. The van der Waals surface area contributed by atoms with Gasteiger partial charge in [-0.25, -0.2) is 9.78 Å². The molecule has 0 spiro atoms. The van der Waals surface area contributed by atoms with Crippen LogP contribution in [-0.4, -0.2) is 36.8 Å². The van der Waals surface area contributed by atoms with Crippen LogP contribution in [0.15, 0.2) is 63.7 Å². The number of nitrogens with one attached hydrogen (secondary N) is 2. The first-order chi connectivity index (χ1) is 17.4. The first kappa shape index (κ1) is 25.7. The molecule has 8 nitrogen and oxygen atoms in total. The number of anilines is 1. The Kier molecular flexibility index (Phi) is 7.91. The Bertz CT molecular complexity index is 1390. The molecule has 0 saturated heterocycles. The maximum Gasteiger partial charge on any atom is 0.336 e. The molecule has 2 N–H and O–H groups in total. The van der Waals surface area contributed by atoms with Crippen LogP contribution in [0.4, 0.5) is 5.82 Å². The van der Waals surface area contributed by atoms with Gasteiger partial charge in [0.1, 0.15) is 5.82 Å². The lowest BCUT2D eigenvalue weighted by Crippen LogP contribution is -2.31. The maximum absolute atomic E-state index is 13.5. The fourth-order valence-electron chi connectivity index (χ4n) is 4.11. The molecule has 0 radical (unpaired) electrons. The second kappa shape index (κ2) is 11.1. The van der Waals surface area contributed by atoms with E-state index in [-0.39, 0.29) is 12.2 Å². The number of ether oxygens (including phenoxy) is 3. The molecule has 3 aromatic rings. The molecule has 0 amide bonds. The highest BCUT2D eigenvalue weighted by Gasteiger charge is 2.36. The maximum atomic E-state index is 13.5. The zero-order chi connectivity index (χ0) is 25.8. The van der Waals surface area contributed by atoms with Gasteiger partial charge in [0.2, 0.25) is 0 Å². The van der Waals surface area contributed by atoms with Gasteiger partial charge in [-0.2, -0.15) is 0 Å². The minimum atomic E-state index is -0.723. The second-order valence-electron chi connectivity index (χ2n) is 7.95. The van der Waals surface area contributed by atoms with Crippen LogP contribution in [0.5, 0.6) is 11.5 Å². The predicted molar refractivity (Wildman–Crippen MR) is 140 cm³/mol. The summed E-state index contributed by atoms with van der Waals surface area (Å²) in [4.78, 5) is 34.0. The number of esters is 1. The van der Waals surface area contributed by atoms with Crippen molar-refractivity contribution in [1.29, 1.82) is 0 Å². The van der Waals surface area contributed by atoms with Crippen LogP contribution in [0.25, 0.3) is 0 Å². The number of benzene rings is 2. The number of aromatic amines is 1. The number of halogens is 1. The smallest absolute Gasteiger partial charge is 0.336 e. The highest BCUT2D eigenvalue weighted by Crippen LogP contribution is 2.42. The van der Waals surface area contributed by atoms with Crippen molar-refractivity contribution in [3.05, 3.63) is 85.8 Å². The topological polar surface area (TPSA) is 103 Å². The number of fused-ring (bicyclic) bond motifs is 1. The van der Waals surface area contributed by atoms with Crippen LogP contribution < -0.4 is 20.3 Å². The molecular weight excluding hydrogens is 502 g/mol. The molecule has 10 heteroatoms. The largest absolute Gasteiger partial charge is 0.493 e. The van der Waals surface area contributed by atoms with Crippen molar-refractivity contribution in [3.63, 3.8) is 0 Å². The summed E-state index contributed by atoms with van der Waals surface area (Å²) in [6, 6.07) is 12.8. The molecule has 1 atom stereocenters. The summed E-state index contributed by atoms with van der Waals surface area (Å²) in [5.41, 5.74) is 2.45. The Morgan fingerprint density at radius 2 is 1.89 bits per heavy atom. The summed E-state index contributed by atoms with van der Waals surface area (Å²) < 4.78 is 16.2. The second-order valence-corrected chi connectivity index (χ2v) is 9.32. The summed E-state index contributed by atoms with van der Waals surface area (Å²) in [5.74, 6) is 0.692. The molecule has 0 aliphatic carbocycles. The van der Waals surface area contributed by atoms with Crippen molar-refractivity contribution in [1.82, 2.24) is 9.97 Å². The monoisotopic (exact) mass is 527 g/mol. The third-order valence-electron chi connectivity index (χ3n) is 5.78. The van der Waals surface area contributed by atoms with Gasteiger partial charge >= 0.3 is 5.97 Å². The van der Waals surface area contributed by atoms with Gasteiger partial charge in [-0.1, -0.05) is 47.6 Å². The Labute approximate surface area is 218 Å². The summed E-state index contributed by atoms with van der Waals surface area (Å²) in [6.07, 6.45) is 0. The standard InChI is InChI=1S/C26H26ClN3O5S/c1-5-35-25(32)20-14(2)28-23-22(21(20)15-10-11-18(33-3)19(12-15)34-4)24(31)30-26(29-23)36-13-16-8-6-7-9-17(16)27/h6-12,21H,5,13H2,1-4H3,(H2,28,29,30,31). The number of H-pyrrole nitrogens is 1. The minimum absolute atomic E-state index is 0.202. The van der Waals surface area contributed by atoms with Crippen LogP contribution in [0.1, 0.15) is 36.5 Å². The van der Waals surface area contributed by atoms with Crippen LogP contribution in [0.3, 0.4) is 0 Å². The number of hydrogen-bond acceptors (Lipinski definition) is 8. The number of nitrogens with zero attached hydrogens (tertiary/aromatic N) is 1. The van der Waals surface area contributed by atoms with Crippen LogP contribution in [0.2, 0.25) is 5.02 Å². The Hall–Kier alpha value is -3.43. The van der Waals surface area contributed by atoms with Gasteiger partial charge in [0.05, 0.1) is 37.9 Å². The molecular formula is C26H26ClN3O5S. The van der Waals surface area contributed by atoms with E-state index in [0.29, 0.717) is 55.6 Å². The van der Waals surface area contributed by atoms with Crippen LogP contribution >= 0.6 is 23.4 Å². The van der Waals surface area contributed by atoms with Crippen molar-refractivity contribution in [2.45, 2.75) is 30.7 Å². The molecule has 1 aromatic heterocycles. The normalized spacial score (nSPS) is 14.6. The Balaban J connectivity index is 1.80. The number of methoxy groups -OCH3 is 2. The molecule has 1 aliphatic rings. The highest BCUT2D eigenvalue weighted by atomic mass is 35.5. The third-order valence-corrected chi connectivity index (χ3v) is 7.07. The number of carbonyl (C=O) groups excluding carboxylic acids is 1. The van der Waals surface area contributed by atoms with Gasteiger partial charge in [-0.15, -0.1) is 0 Å². The molecule has 188 valence electrons. The number of hydrogen-bond donors (Lipinski definition) is 2. The third kappa shape index (κ3) is 5.08. The highest BCUT2D eigenvalue weighted by molar-refractivity contribution is 7.98. The zero-order valence-corrected chi connectivity index (χ0v) is 21.9. The molecule has 1 unspecified atom stereocenters. The Morgan fingerprint density at radius 1 is 1.14 bits per heavy atom.